The zero-order valence-electron chi connectivity index (χ0n) is 11.9. The maximum atomic E-state index is 11.8. The van der Waals surface area contributed by atoms with Crippen LogP contribution in [0, 0.1) is 11.3 Å². The molecule has 0 N–H and O–H groups in total. The molecule has 5 heteroatoms. The molecule has 0 bridgehead atoms. The van der Waals surface area contributed by atoms with E-state index in [1.807, 2.05) is 0 Å². The Labute approximate surface area is 124 Å². The standard InChI is InChI=1S/C16H18N2O3/c17-10-13-6-3-4-7-14(13)12-21-16(20)11-18-9-5-1-2-8-15(18)19/h3-4,6-7H,1-2,5,8-9,11-12H2. The third kappa shape index (κ3) is 4.32. The first kappa shape index (κ1) is 15.0. The molecular weight excluding hydrogens is 268 g/mol. The molecule has 1 aromatic carbocycles. The summed E-state index contributed by atoms with van der Waals surface area (Å²) in [6, 6.07) is 9.05. The quantitative estimate of drug-likeness (QED) is 0.794. The molecule has 1 aromatic rings. The van der Waals surface area contributed by atoms with Gasteiger partial charge in [-0.25, -0.2) is 0 Å². The minimum Gasteiger partial charge on any atom is -0.459 e. The van der Waals surface area contributed by atoms with Crippen LogP contribution in [-0.4, -0.2) is 29.9 Å². The van der Waals surface area contributed by atoms with Gasteiger partial charge < -0.3 is 9.64 Å². The summed E-state index contributed by atoms with van der Waals surface area (Å²) in [7, 11) is 0. The predicted molar refractivity (Wildman–Crippen MR) is 76.0 cm³/mol. The van der Waals surface area contributed by atoms with E-state index in [1.54, 1.807) is 29.2 Å². The number of likely N-dealkylation sites (tertiary alicyclic amines) is 1. The number of hydrogen-bond acceptors (Lipinski definition) is 4. The van der Waals surface area contributed by atoms with Crippen LogP contribution in [0.5, 0.6) is 0 Å². The highest BCUT2D eigenvalue weighted by Gasteiger charge is 2.20. The molecule has 1 aliphatic rings. The molecule has 21 heavy (non-hydrogen) atoms. The van der Waals surface area contributed by atoms with E-state index in [4.69, 9.17) is 10.00 Å². The Balaban J connectivity index is 1.87. The van der Waals surface area contributed by atoms with Crippen molar-refractivity contribution in [3.63, 3.8) is 0 Å². The van der Waals surface area contributed by atoms with Gasteiger partial charge in [-0.1, -0.05) is 24.6 Å². The Morgan fingerprint density at radius 2 is 2.10 bits per heavy atom. The van der Waals surface area contributed by atoms with Crippen LogP contribution in [0.2, 0.25) is 0 Å². The molecule has 1 heterocycles. The van der Waals surface area contributed by atoms with Crippen LogP contribution >= 0.6 is 0 Å². The zero-order valence-corrected chi connectivity index (χ0v) is 11.9. The van der Waals surface area contributed by atoms with E-state index in [0.29, 0.717) is 24.1 Å². The summed E-state index contributed by atoms with van der Waals surface area (Å²) in [4.78, 5) is 25.2. The van der Waals surface area contributed by atoms with Gasteiger partial charge >= 0.3 is 5.97 Å². The van der Waals surface area contributed by atoms with Gasteiger partial charge in [0.1, 0.15) is 13.2 Å². The highest BCUT2D eigenvalue weighted by Crippen LogP contribution is 2.12. The molecule has 0 unspecified atom stereocenters. The molecule has 0 atom stereocenters. The third-order valence-corrected chi connectivity index (χ3v) is 3.52. The second-order valence-electron chi connectivity index (χ2n) is 5.06. The first-order valence-electron chi connectivity index (χ1n) is 7.12. The summed E-state index contributed by atoms with van der Waals surface area (Å²) < 4.78 is 5.18. The first-order chi connectivity index (χ1) is 10.2. The number of amides is 1. The zero-order chi connectivity index (χ0) is 15.1. The number of hydrogen-bond donors (Lipinski definition) is 0. The normalized spacial score (nSPS) is 15.2. The SMILES string of the molecule is N#Cc1ccccc1COC(=O)CN1CCCCCC1=O. The van der Waals surface area contributed by atoms with Gasteiger partial charge in [-0.05, 0) is 18.9 Å². The van der Waals surface area contributed by atoms with Crippen LogP contribution in [-0.2, 0) is 20.9 Å². The van der Waals surface area contributed by atoms with E-state index in [-0.39, 0.29) is 19.1 Å². The van der Waals surface area contributed by atoms with Crippen LogP contribution in [0.25, 0.3) is 0 Å². The molecule has 0 radical (unpaired) electrons. The Morgan fingerprint density at radius 3 is 2.90 bits per heavy atom. The van der Waals surface area contributed by atoms with E-state index in [0.717, 1.165) is 19.3 Å². The topological polar surface area (TPSA) is 70.4 Å². The fourth-order valence-corrected chi connectivity index (χ4v) is 2.32. The fraction of sp³-hybridized carbons (Fsp3) is 0.438. The Morgan fingerprint density at radius 1 is 1.29 bits per heavy atom. The smallest absolute Gasteiger partial charge is 0.325 e. The first-order valence-corrected chi connectivity index (χ1v) is 7.12. The second kappa shape index (κ2) is 7.44. The molecule has 110 valence electrons. The van der Waals surface area contributed by atoms with Crippen molar-refractivity contribution < 1.29 is 14.3 Å². The molecular formula is C16H18N2O3. The Bertz CT molecular complexity index is 563. The van der Waals surface area contributed by atoms with Gasteiger partial charge in [-0.2, -0.15) is 5.26 Å². The lowest BCUT2D eigenvalue weighted by Gasteiger charge is -2.19. The molecule has 1 saturated heterocycles. The lowest BCUT2D eigenvalue weighted by Crippen LogP contribution is -2.35. The summed E-state index contributed by atoms with van der Waals surface area (Å²) in [5.74, 6) is -0.417. The van der Waals surface area contributed by atoms with Gasteiger partial charge in [0, 0.05) is 18.5 Å². The molecule has 0 aromatic heterocycles. The molecule has 5 nitrogen and oxygen atoms in total. The van der Waals surface area contributed by atoms with Crippen molar-refractivity contribution in [3.05, 3.63) is 35.4 Å². The molecule has 1 aliphatic heterocycles. The molecule has 1 amide bonds. The van der Waals surface area contributed by atoms with E-state index in [2.05, 4.69) is 6.07 Å². The van der Waals surface area contributed by atoms with Crippen molar-refractivity contribution in [1.29, 1.82) is 5.26 Å². The molecule has 0 spiro atoms. The maximum absolute atomic E-state index is 11.8. The average Bonchev–Trinajstić information content (AvgIpc) is 2.70. The van der Waals surface area contributed by atoms with E-state index in [1.165, 1.54) is 0 Å². The highest BCUT2D eigenvalue weighted by molar-refractivity contribution is 5.82. The van der Waals surface area contributed by atoms with Gasteiger partial charge in [0.2, 0.25) is 5.91 Å². The van der Waals surface area contributed by atoms with Crippen molar-refractivity contribution in [3.8, 4) is 6.07 Å². The van der Waals surface area contributed by atoms with Gasteiger partial charge in [-0.3, -0.25) is 9.59 Å². The molecule has 0 aliphatic carbocycles. The van der Waals surface area contributed by atoms with Gasteiger partial charge in [-0.15, -0.1) is 0 Å². The van der Waals surface area contributed by atoms with Gasteiger partial charge in [0.15, 0.2) is 0 Å². The van der Waals surface area contributed by atoms with E-state index >= 15 is 0 Å². The minimum absolute atomic E-state index is 0.00640. The van der Waals surface area contributed by atoms with Crippen molar-refractivity contribution in [1.82, 2.24) is 4.90 Å². The monoisotopic (exact) mass is 286 g/mol. The summed E-state index contributed by atoms with van der Waals surface area (Å²) in [5, 5.41) is 8.97. The Kier molecular flexibility index (Phi) is 5.33. The lowest BCUT2D eigenvalue weighted by atomic mass is 10.1. The summed E-state index contributed by atoms with van der Waals surface area (Å²) in [5.41, 5.74) is 1.17. The number of rotatable bonds is 4. The molecule has 0 saturated carbocycles. The summed E-state index contributed by atoms with van der Waals surface area (Å²) in [6.45, 7) is 0.668. The largest absolute Gasteiger partial charge is 0.459 e. The summed E-state index contributed by atoms with van der Waals surface area (Å²) in [6.07, 6.45) is 3.34. The van der Waals surface area contributed by atoms with Gasteiger partial charge in [0.05, 0.1) is 11.6 Å². The number of esters is 1. The molecule has 1 fully saturated rings. The van der Waals surface area contributed by atoms with Crippen LogP contribution < -0.4 is 0 Å². The molecule has 2 rings (SSSR count). The Hall–Kier alpha value is -2.35. The number of benzene rings is 1. The van der Waals surface area contributed by atoms with Crippen LogP contribution in [0.3, 0.4) is 0 Å². The number of carbonyl (C=O) groups excluding carboxylic acids is 2. The number of nitrogens with zero attached hydrogens (tertiary/aromatic N) is 2. The highest BCUT2D eigenvalue weighted by atomic mass is 16.5. The van der Waals surface area contributed by atoms with Gasteiger partial charge in [0.25, 0.3) is 0 Å². The van der Waals surface area contributed by atoms with E-state index < -0.39 is 5.97 Å². The fourth-order valence-electron chi connectivity index (χ4n) is 2.32. The number of carbonyl (C=O) groups is 2. The van der Waals surface area contributed by atoms with Crippen molar-refractivity contribution in [2.24, 2.45) is 0 Å². The van der Waals surface area contributed by atoms with Crippen LogP contribution in [0.1, 0.15) is 36.8 Å². The van der Waals surface area contributed by atoms with E-state index in [9.17, 15) is 9.59 Å². The second-order valence-corrected chi connectivity index (χ2v) is 5.06. The van der Waals surface area contributed by atoms with Crippen LogP contribution in [0.4, 0.5) is 0 Å². The number of nitriles is 1. The van der Waals surface area contributed by atoms with Crippen molar-refractivity contribution >= 4 is 11.9 Å². The van der Waals surface area contributed by atoms with Crippen molar-refractivity contribution in [2.75, 3.05) is 13.1 Å². The maximum Gasteiger partial charge on any atom is 0.325 e. The number of ether oxygens (including phenoxy) is 1. The lowest BCUT2D eigenvalue weighted by molar-refractivity contribution is -0.150. The third-order valence-electron chi connectivity index (χ3n) is 3.52. The summed E-state index contributed by atoms with van der Waals surface area (Å²) >= 11 is 0. The predicted octanol–water partition coefficient (Wildman–Crippen LogP) is 2.00. The minimum atomic E-state index is -0.432. The van der Waals surface area contributed by atoms with Crippen molar-refractivity contribution in [2.45, 2.75) is 32.3 Å². The average molecular weight is 286 g/mol. The van der Waals surface area contributed by atoms with Crippen LogP contribution in [0.15, 0.2) is 24.3 Å².